The average molecular weight is 243 g/mol. The van der Waals surface area contributed by atoms with E-state index in [9.17, 15) is 4.79 Å². The molecule has 1 heterocycles. The first-order chi connectivity index (χ1) is 7.68. The Morgan fingerprint density at radius 1 is 1.41 bits per heavy atom. The Balaban J connectivity index is 2.57. The largest absolute Gasteiger partial charge is 0.469 e. The van der Waals surface area contributed by atoms with Crippen LogP contribution in [0.1, 0.15) is 40.5 Å². The predicted octanol–water partition coefficient (Wildman–Crippen LogP) is 1.83. The Bertz CT molecular complexity index is 286. The maximum Gasteiger partial charge on any atom is 0.306 e. The molecule has 0 bridgehead atoms. The molecule has 1 atom stereocenters. The van der Waals surface area contributed by atoms with E-state index in [1.54, 1.807) is 0 Å². The van der Waals surface area contributed by atoms with Gasteiger partial charge in [0.25, 0.3) is 0 Å². The van der Waals surface area contributed by atoms with Crippen molar-refractivity contribution in [2.75, 3.05) is 20.7 Å². The smallest absolute Gasteiger partial charge is 0.306 e. The van der Waals surface area contributed by atoms with E-state index >= 15 is 0 Å². The van der Waals surface area contributed by atoms with Gasteiger partial charge in [-0.2, -0.15) is 0 Å². The average Bonchev–Trinajstić information content (AvgIpc) is 2.42. The van der Waals surface area contributed by atoms with Crippen LogP contribution >= 0.6 is 0 Å². The topological polar surface area (TPSA) is 38.8 Å². The first-order valence-electron chi connectivity index (χ1n) is 6.15. The lowest BCUT2D eigenvalue weighted by molar-refractivity contribution is -0.141. The van der Waals surface area contributed by atoms with Crippen LogP contribution in [0, 0.1) is 0 Å². The van der Waals surface area contributed by atoms with Crippen LogP contribution < -0.4 is 0 Å². The maximum absolute atomic E-state index is 11.1. The molecule has 0 aromatic rings. The number of carbonyl (C=O) groups excluding carboxylic acids is 1. The van der Waals surface area contributed by atoms with Gasteiger partial charge in [-0.3, -0.25) is 9.69 Å². The third-order valence-corrected chi connectivity index (χ3v) is 3.46. The summed E-state index contributed by atoms with van der Waals surface area (Å²) in [6.45, 7) is 9.16. The van der Waals surface area contributed by atoms with Gasteiger partial charge < -0.3 is 9.47 Å². The molecular weight excluding hydrogens is 218 g/mol. The molecule has 0 aliphatic carbocycles. The van der Waals surface area contributed by atoms with Crippen molar-refractivity contribution >= 4 is 5.97 Å². The van der Waals surface area contributed by atoms with E-state index in [0.717, 1.165) is 6.42 Å². The van der Waals surface area contributed by atoms with E-state index in [0.29, 0.717) is 19.0 Å². The first kappa shape index (κ1) is 14.5. The number of hydrogen-bond acceptors (Lipinski definition) is 4. The molecule has 0 N–H and O–H groups in total. The number of carbonyl (C=O) groups is 1. The molecule has 0 radical (unpaired) electrons. The molecule has 0 saturated carbocycles. The first-order valence-corrected chi connectivity index (χ1v) is 6.15. The Labute approximate surface area is 104 Å². The number of likely N-dealkylation sites (N-methyl/N-ethyl adjacent to an activating group) is 1. The Kier molecular flexibility index (Phi) is 4.20. The van der Waals surface area contributed by atoms with E-state index in [1.165, 1.54) is 7.11 Å². The molecule has 17 heavy (non-hydrogen) atoms. The van der Waals surface area contributed by atoms with Crippen molar-refractivity contribution in [3.05, 3.63) is 0 Å². The number of rotatable bonds is 4. The lowest BCUT2D eigenvalue weighted by Crippen LogP contribution is -2.45. The lowest BCUT2D eigenvalue weighted by atomic mass is 9.93. The maximum atomic E-state index is 11.1. The molecule has 1 unspecified atom stereocenters. The van der Waals surface area contributed by atoms with Crippen molar-refractivity contribution in [1.29, 1.82) is 0 Å². The van der Waals surface area contributed by atoms with Crippen LogP contribution in [0.15, 0.2) is 0 Å². The van der Waals surface area contributed by atoms with Gasteiger partial charge >= 0.3 is 5.97 Å². The second-order valence-electron chi connectivity index (χ2n) is 5.99. The monoisotopic (exact) mass is 243 g/mol. The van der Waals surface area contributed by atoms with Gasteiger partial charge in [0.15, 0.2) is 0 Å². The highest BCUT2D eigenvalue weighted by Gasteiger charge is 2.47. The van der Waals surface area contributed by atoms with Gasteiger partial charge in [-0.1, -0.05) is 0 Å². The molecule has 1 aliphatic rings. The minimum Gasteiger partial charge on any atom is -0.469 e. The molecule has 0 aromatic heterocycles. The van der Waals surface area contributed by atoms with Crippen molar-refractivity contribution < 1.29 is 14.3 Å². The molecule has 1 aliphatic heterocycles. The van der Waals surface area contributed by atoms with Crippen LogP contribution in [0.2, 0.25) is 0 Å². The highest BCUT2D eigenvalue weighted by atomic mass is 16.5. The molecular formula is C13H25NO3. The third-order valence-electron chi connectivity index (χ3n) is 3.46. The van der Waals surface area contributed by atoms with Gasteiger partial charge in [0.1, 0.15) is 0 Å². The van der Waals surface area contributed by atoms with Crippen LogP contribution in [0.25, 0.3) is 0 Å². The summed E-state index contributed by atoms with van der Waals surface area (Å²) in [5.74, 6) is -0.159. The lowest BCUT2D eigenvalue weighted by Gasteiger charge is -2.33. The fourth-order valence-electron chi connectivity index (χ4n) is 2.75. The zero-order valence-corrected chi connectivity index (χ0v) is 11.9. The zero-order chi connectivity index (χ0) is 13.3. The van der Waals surface area contributed by atoms with Gasteiger partial charge in [-0.25, -0.2) is 0 Å². The van der Waals surface area contributed by atoms with E-state index in [-0.39, 0.29) is 17.2 Å². The summed E-state index contributed by atoms with van der Waals surface area (Å²) in [7, 11) is 3.47. The van der Waals surface area contributed by atoms with Gasteiger partial charge in [-0.05, 0) is 41.2 Å². The number of nitrogens with zero attached hydrogens (tertiary/aromatic N) is 1. The van der Waals surface area contributed by atoms with Crippen LogP contribution in [0.5, 0.6) is 0 Å². The molecule has 4 nitrogen and oxygen atoms in total. The second kappa shape index (κ2) is 4.94. The summed E-state index contributed by atoms with van der Waals surface area (Å²) in [6.07, 6.45) is 1.41. The Morgan fingerprint density at radius 3 is 2.41 bits per heavy atom. The minimum absolute atomic E-state index is 0.0896. The number of hydrogen-bond donors (Lipinski definition) is 0. The predicted molar refractivity (Wildman–Crippen MR) is 66.9 cm³/mol. The molecule has 100 valence electrons. The standard InChI is InChI=1S/C13H25NO3/c1-12(2)9-10(13(3,4)17-12)14(5)8-7-11(15)16-6/h10H,7-9H2,1-6H3. The fourth-order valence-corrected chi connectivity index (χ4v) is 2.75. The summed E-state index contributed by atoms with van der Waals surface area (Å²) in [5.41, 5.74) is -0.262. The van der Waals surface area contributed by atoms with Crippen molar-refractivity contribution in [2.24, 2.45) is 0 Å². The number of methoxy groups -OCH3 is 1. The zero-order valence-electron chi connectivity index (χ0n) is 11.9. The van der Waals surface area contributed by atoms with Crippen LogP contribution in [-0.2, 0) is 14.3 Å². The summed E-state index contributed by atoms with van der Waals surface area (Å²) >= 11 is 0. The van der Waals surface area contributed by atoms with E-state index in [1.807, 2.05) is 7.05 Å². The van der Waals surface area contributed by atoms with Crippen molar-refractivity contribution in [3.8, 4) is 0 Å². The normalized spacial score (nSPS) is 26.2. The second-order valence-corrected chi connectivity index (χ2v) is 5.99. The highest BCUT2D eigenvalue weighted by molar-refractivity contribution is 5.69. The van der Waals surface area contributed by atoms with Gasteiger partial charge in [-0.15, -0.1) is 0 Å². The Hall–Kier alpha value is -0.610. The summed E-state index contributed by atoms with van der Waals surface area (Å²) in [6, 6.07) is 0.335. The summed E-state index contributed by atoms with van der Waals surface area (Å²) < 4.78 is 10.7. The van der Waals surface area contributed by atoms with Gasteiger partial charge in [0.05, 0.1) is 24.7 Å². The molecule has 4 heteroatoms. The van der Waals surface area contributed by atoms with Crippen molar-refractivity contribution in [3.63, 3.8) is 0 Å². The molecule has 1 rings (SSSR count). The van der Waals surface area contributed by atoms with E-state index in [2.05, 4.69) is 37.3 Å². The van der Waals surface area contributed by atoms with Crippen LogP contribution in [0.3, 0.4) is 0 Å². The summed E-state index contributed by atoms with van der Waals surface area (Å²) in [4.78, 5) is 13.3. The van der Waals surface area contributed by atoms with Crippen LogP contribution in [-0.4, -0.2) is 48.8 Å². The van der Waals surface area contributed by atoms with E-state index in [4.69, 9.17) is 4.74 Å². The minimum atomic E-state index is -0.172. The van der Waals surface area contributed by atoms with Crippen molar-refractivity contribution in [1.82, 2.24) is 4.90 Å². The third kappa shape index (κ3) is 3.68. The van der Waals surface area contributed by atoms with Gasteiger partial charge in [0.2, 0.25) is 0 Å². The molecule has 1 fully saturated rings. The van der Waals surface area contributed by atoms with E-state index < -0.39 is 0 Å². The highest BCUT2D eigenvalue weighted by Crippen LogP contribution is 2.39. The molecule has 1 saturated heterocycles. The van der Waals surface area contributed by atoms with Crippen LogP contribution in [0.4, 0.5) is 0 Å². The fraction of sp³-hybridized carbons (Fsp3) is 0.923. The molecule has 0 spiro atoms. The van der Waals surface area contributed by atoms with Crippen molar-refractivity contribution in [2.45, 2.75) is 57.8 Å². The molecule has 0 aromatic carbocycles. The summed E-state index contributed by atoms with van der Waals surface area (Å²) in [5, 5.41) is 0. The number of esters is 1. The Morgan fingerprint density at radius 2 is 2.00 bits per heavy atom. The molecule has 0 amide bonds. The number of ether oxygens (including phenoxy) is 2. The SMILES string of the molecule is COC(=O)CCN(C)C1CC(C)(C)OC1(C)C. The van der Waals surface area contributed by atoms with Gasteiger partial charge in [0, 0.05) is 12.6 Å². The quantitative estimate of drug-likeness (QED) is 0.706.